The van der Waals surface area contributed by atoms with E-state index in [9.17, 15) is 13.2 Å². The second kappa shape index (κ2) is 6.66. The van der Waals surface area contributed by atoms with E-state index in [1.165, 1.54) is 25.3 Å². The molecular weight excluding hydrogens is 419 g/mol. The second-order valence-electron chi connectivity index (χ2n) is 4.47. The third-order valence-electron chi connectivity index (χ3n) is 2.88. The molecule has 7 heteroatoms. The fraction of sp³-hybridized carbons (Fsp3) is 0.133. The van der Waals surface area contributed by atoms with E-state index in [4.69, 9.17) is 4.18 Å². The van der Waals surface area contributed by atoms with Gasteiger partial charge in [0.2, 0.25) is 0 Å². The zero-order valence-electron chi connectivity index (χ0n) is 11.9. The lowest BCUT2D eigenvalue weighted by Gasteiger charge is -2.10. The highest BCUT2D eigenvalue weighted by Gasteiger charge is 2.21. The Labute approximate surface area is 142 Å². The number of halogens is 1. The number of esters is 1. The van der Waals surface area contributed by atoms with Gasteiger partial charge in [0, 0.05) is 3.57 Å². The van der Waals surface area contributed by atoms with E-state index in [1.807, 2.05) is 6.07 Å². The average Bonchev–Trinajstić information content (AvgIpc) is 2.46. The third kappa shape index (κ3) is 3.77. The van der Waals surface area contributed by atoms with Crippen molar-refractivity contribution in [2.75, 3.05) is 7.11 Å². The Bertz CT molecular complexity index is 814. The average molecular weight is 432 g/mol. The summed E-state index contributed by atoms with van der Waals surface area (Å²) in [4.78, 5) is 11.5. The summed E-state index contributed by atoms with van der Waals surface area (Å²) in [5, 5.41) is 0. The Hall–Kier alpha value is -1.61. The molecule has 2 aromatic carbocycles. The van der Waals surface area contributed by atoms with Crippen LogP contribution in [-0.4, -0.2) is 21.5 Å². The van der Waals surface area contributed by atoms with Crippen LogP contribution in [0.1, 0.15) is 15.9 Å². The minimum absolute atomic E-state index is 0.0609. The number of carbonyl (C=O) groups is 1. The van der Waals surface area contributed by atoms with Gasteiger partial charge in [-0.25, -0.2) is 4.79 Å². The number of benzene rings is 2. The van der Waals surface area contributed by atoms with Crippen LogP contribution in [-0.2, 0) is 14.9 Å². The van der Waals surface area contributed by atoms with Crippen LogP contribution in [0.4, 0.5) is 0 Å². The minimum atomic E-state index is -4.04. The molecule has 0 fully saturated rings. The first-order chi connectivity index (χ1) is 10.3. The first-order valence-electron chi connectivity index (χ1n) is 6.22. The van der Waals surface area contributed by atoms with Crippen molar-refractivity contribution in [3.05, 3.63) is 57.2 Å². The lowest BCUT2D eigenvalue weighted by molar-refractivity contribution is 0.0600. The molecule has 116 valence electrons. The molecule has 0 aromatic heterocycles. The van der Waals surface area contributed by atoms with Crippen molar-refractivity contribution in [1.29, 1.82) is 0 Å². The second-order valence-corrected chi connectivity index (χ2v) is 7.23. The summed E-state index contributed by atoms with van der Waals surface area (Å²) in [6.07, 6.45) is 0. The van der Waals surface area contributed by atoms with Crippen LogP contribution in [0.15, 0.2) is 47.4 Å². The number of ether oxygens (including phenoxy) is 1. The standard InChI is InChI=1S/C15H13IO5S/c1-10-6-7-11(15(17)20-2)8-14(10)22(18,19)21-13-5-3-4-12(16)9-13/h3-9H,1-2H3. The predicted molar refractivity (Wildman–Crippen MR) is 89.5 cm³/mol. The highest BCUT2D eigenvalue weighted by Crippen LogP contribution is 2.23. The van der Waals surface area contributed by atoms with Gasteiger partial charge in [0.15, 0.2) is 0 Å². The van der Waals surface area contributed by atoms with Gasteiger partial charge in [-0.2, -0.15) is 8.42 Å². The summed E-state index contributed by atoms with van der Waals surface area (Å²) in [5.74, 6) is -0.388. The number of rotatable bonds is 4. The number of hydrogen-bond donors (Lipinski definition) is 0. The number of carbonyl (C=O) groups excluding carboxylic acids is 1. The van der Waals surface area contributed by atoms with Gasteiger partial charge < -0.3 is 8.92 Å². The summed E-state index contributed by atoms with van der Waals surface area (Å²) in [6, 6.07) is 11.0. The fourth-order valence-electron chi connectivity index (χ4n) is 1.80. The van der Waals surface area contributed by atoms with Crippen molar-refractivity contribution >= 4 is 38.7 Å². The highest BCUT2D eigenvalue weighted by molar-refractivity contribution is 14.1. The van der Waals surface area contributed by atoms with E-state index in [0.29, 0.717) is 5.56 Å². The minimum Gasteiger partial charge on any atom is -0.465 e. The van der Waals surface area contributed by atoms with Crippen molar-refractivity contribution in [3.8, 4) is 5.75 Å². The van der Waals surface area contributed by atoms with E-state index in [-0.39, 0.29) is 16.2 Å². The number of hydrogen-bond acceptors (Lipinski definition) is 5. The third-order valence-corrected chi connectivity index (χ3v) is 4.94. The van der Waals surface area contributed by atoms with E-state index < -0.39 is 16.1 Å². The summed E-state index contributed by atoms with van der Waals surface area (Å²) < 4.78 is 35.4. The molecule has 0 heterocycles. The molecule has 0 amide bonds. The van der Waals surface area contributed by atoms with Crippen molar-refractivity contribution in [3.63, 3.8) is 0 Å². The van der Waals surface area contributed by atoms with E-state index >= 15 is 0 Å². The van der Waals surface area contributed by atoms with Crippen LogP contribution in [0.3, 0.4) is 0 Å². The van der Waals surface area contributed by atoms with Gasteiger partial charge in [0.25, 0.3) is 0 Å². The van der Waals surface area contributed by atoms with Crippen LogP contribution >= 0.6 is 22.6 Å². The molecule has 0 saturated carbocycles. The lowest BCUT2D eigenvalue weighted by Crippen LogP contribution is -2.13. The van der Waals surface area contributed by atoms with Crippen molar-refractivity contribution in [1.82, 2.24) is 0 Å². The number of methoxy groups -OCH3 is 1. The van der Waals surface area contributed by atoms with Gasteiger partial charge in [-0.05, 0) is 65.4 Å². The Balaban J connectivity index is 2.42. The molecule has 0 bridgehead atoms. The molecule has 2 rings (SSSR count). The summed E-state index contributed by atoms with van der Waals surface area (Å²) >= 11 is 2.06. The van der Waals surface area contributed by atoms with Crippen LogP contribution in [0, 0.1) is 10.5 Å². The van der Waals surface area contributed by atoms with Crippen LogP contribution in [0.2, 0.25) is 0 Å². The van der Waals surface area contributed by atoms with Gasteiger partial charge in [-0.1, -0.05) is 12.1 Å². The topological polar surface area (TPSA) is 69.7 Å². The highest BCUT2D eigenvalue weighted by atomic mass is 127. The van der Waals surface area contributed by atoms with Crippen LogP contribution < -0.4 is 4.18 Å². The van der Waals surface area contributed by atoms with Crippen LogP contribution in [0.25, 0.3) is 0 Å². The Morgan fingerprint density at radius 3 is 2.50 bits per heavy atom. The molecule has 22 heavy (non-hydrogen) atoms. The predicted octanol–water partition coefficient (Wildman–Crippen LogP) is 3.15. The zero-order chi connectivity index (χ0) is 16.3. The van der Waals surface area contributed by atoms with E-state index in [0.717, 1.165) is 3.57 Å². The SMILES string of the molecule is COC(=O)c1ccc(C)c(S(=O)(=O)Oc2cccc(I)c2)c1. The maximum Gasteiger partial charge on any atom is 0.339 e. The molecule has 0 N–H and O–H groups in total. The maximum atomic E-state index is 12.4. The van der Waals surface area contributed by atoms with Crippen molar-refractivity contribution < 1.29 is 22.1 Å². The van der Waals surface area contributed by atoms with Gasteiger partial charge in [0.05, 0.1) is 12.7 Å². The lowest BCUT2D eigenvalue weighted by atomic mass is 10.1. The van der Waals surface area contributed by atoms with Crippen LogP contribution in [0.5, 0.6) is 5.75 Å². The first kappa shape index (κ1) is 16.8. The van der Waals surface area contributed by atoms with Gasteiger partial charge in [-0.3, -0.25) is 0 Å². The molecule has 0 radical (unpaired) electrons. The molecule has 0 spiro atoms. The monoisotopic (exact) mass is 432 g/mol. The number of aryl methyl sites for hydroxylation is 1. The largest absolute Gasteiger partial charge is 0.465 e. The zero-order valence-corrected chi connectivity index (χ0v) is 14.8. The molecule has 2 aromatic rings. The molecular formula is C15H13IO5S. The van der Waals surface area contributed by atoms with Gasteiger partial charge in [-0.15, -0.1) is 0 Å². The summed E-state index contributed by atoms with van der Waals surface area (Å²) in [5.41, 5.74) is 0.635. The van der Waals surface area contributed by atoms with E-state index in [2.05, 4.69) is 27.3 Å². The Morgan fingerprint density at radius 1 is 1.14 bits per heavy atom. The van der Waals surface area contributed by atoms with E-state index in [1.54, 1.807) is 25.1 Å². The summed E-state index contributed by atoms with van der Waals surface area (Å²) in [6.45, 7) is 1.63. The fourth-order valence-corrected chi connectivity index (χ4v) is 3.50. The van der Waals surface area contributed by atoms with Crippen molar-refractivity contribution in [2.45, 2.75) is 11.8 Å². The summed E-state index contributed by atoms with van der Waals surface area (Å²) in [7, 11) is -2.80. The molecule has 0 aliphatic rings. The quantitative estimate of drug-likeness (QED) is 0.422. The molecule has 0 saturated heterocycles. The molecule has 5 nitrogen and oxygen atoms in total. The van der Waals surface area contributed by atoms with Crippen molar-refractivity contribution in [2.24, 2.45) is 0 Å². The molecule has 0 aliphatic heterocycles. The molecule has 0 aliphatic carbocycles. The van der Waals surface area contributed by atoms with Gasteiger partial charge >= 0.3 is 16.1 Å². The van der Waals surface area contributed by atoms with Gasteiger partial charge in [0.1, 0.15) is 10.6 Å². The first-order valence-corrected chi connectivity index (χ1v) is 8.71. The maximum absolute atomic E-state index is 12.4. The smallest absolute Gasteiger partial charge is 0.339 e. The molecule has 0 atom stereocenters. The Morgan fingerprint density at radius 2 is 1.86 bits per heavy atom. The molecule has 0 unspecified atom stereocenters. The Kier molecular flexibility index (Phi) is 5.07. The normalized spacial score (nSPS) is 11.0.